The number of hydrogen-bond acceptors (Lipinski definition) is 2. The van der Waals surface area contributed by atoms with Gasteiger partial charge in [-0.2, -0.15) is 0 Å². The molecule has 0 bridgehead atoms. The first kappa shape index (κ1) is 18.8. The summed E-state index contributed by atoms with van der Waals surface area (Å²) in [5.74, 6) is 1.41. The predicted molar refractivity (Wildman–Crippen MR) is 101 cm³/mol. The molecule has 1 saturated carbocycles. The van der Waals surface area contributed by atoms with Crippen molar-refractivity contribution in [2.75, 3.05) is 26.2 Å². The summed E-state index contributed by atoms with van der Waals surface area (Å²) in [5, 5.41) is 16.0. The van der Waals surface area contributed by atoms with E-state index in [1.807, 2.05) is 0 Å². The van der Waals surface area contributed by atoms with Crippen molar-refractivity contribution < 1.29 is 5.11 Å². The molecule has 1 unspecified atom stereocenters. The number of nitrogens with zero attached hydrogens (tertiary/aromatic N) is 1. The highest BCUT2D eigenvalue weighted by molar-refractivity contribution is 5.79. The summed E-state index contributed by atoms with van der Waals surface area (Å²) in [5.41, 5.74) is 1.66. The Morgan fingerprint density at radius 1 is 1.17 bits per heavy atom. The van der Waals surface area contributed by atoms with E-state index in [0.717, 1.165) is 44.9 Å². The van der Waals surface area contributed by atoms with Crippen molar-refractivity contribution in [1.82, 2.24) is 10.6 Å². The summed E-state index contributed by atoms with van der Waals surface area (Å²) in [6.07, 6.45) is 5.60. The van der Waals surface area contributed by atoms with Gasteiger partial charge in [-0.25, -0.2) is 0 Å². The van der Waals surface area contributed by atoms with Crippen molar-refractivity contribution in [3.63, 3.8) is 0 Å². The van der Waals surface area contributed by atoms with E-state index in [-0.39, 0.29) is 12.0 Å². The van der Waals surface area contributed by atoms with Crippen LogP contribution in [0.3, 0.4) is 0 Å². The molecule has 0 spiro atoms. The van der Waals surface area contributed by atoms with Crippen molar-refractivity contribution in [2.45, 2.75) is 51.4 Å². The molecule has 0 aliphatic heterocycles. The molecule has 1 aromatic rings. The van der Waals surface area contributed by atoms with Crippen molar-refractivity contribution in [3.05, 3.63) is 35.9 Å². The molecule has 4 heteroatoms. The number of aliphatic hydroxyl groups is 1. The fraction of sp³-hybridized carbons (Fsp3) is 0.650. The molecule has 0 amide bonds. The average molecular weight is 332 g/mol. The molecule has 134 valence electrons. The first-order valence-electron chi connectivity index (χ1n) is 9.42. The van der Waals surface area contributed by atoms with E-state index in [2.05, 4.69) is 54.8 Å². The Balaban J connectivity index is 1.93. The van der Waals surface area contributed by atoms with Gasteiger partial charge in [0, 0.05) is 25.1 Å². The van der Waals surface area contributed by atoms with Gasteiger partial charge in [0.05, 0.1) is 6.54 Å². The lowest BCUT2D eigenvalue weighted by Gasteiger charge is -2.19. The number of benzene rings is 1. The minimum absolute atomic E-state index is 0.248. The van der Waals surface area contributed by atoms with Crippen LogP contribution in [0.25, 0.3) is 0 Å². The summed E-state index contributed by atoms with van der Waals surface area (Å²) in [6.45, 7) is 7.13. The topological polar surface area (TPSA) is 56.6 Å². The van der Waals surface area contributed by atoms with E-state index in [0.29, 0.717) is 5.92 Å². The van der Waals surface area contributed by atoms with Gasteiger partial charge in [0.2, 0.25) is 0 Å². The van der Waals surface area contributed by atoms with Crippen LogP contribution in [0.1, 0.15) is 51.5 Å². The van der Waals surface area contributed by atoms with Crippen LogP contribution in [0.15, 0.2) is 35.3 Å². The number of guanidine groups is 1. The van der Waals surface area contributed by atoms with Crippen LogP contribution in [0.5, 0.6) is 0 Å². The average Bonchev–Trinajstić information content (AvgIpc) is 3.39. The van der Waals surface area contributed by atoms with E-state index < -0.39 is 0 Å². The van der Waals surface area contributed by atoms with Crippen LogP contribution in [0.2, 0.25) is 0 Å². The van der Waals surface area contributed by atoms with Gasteiger partial charge < -0.3 is 15.7 Å². The first-order valence-corrected chi connectivity index (χ1v) is 9.42. The zero-order valence-electron chi connectivity index (χ0n) is 15.2. The van der Waals surface area contributed by atoms with Crippen molar-refractivity contribution in [3.8, 4) is 0 Å². The Hall–Kier alpha value is -1.55. The molecule has 0 saturated heterocycles. The second-order valence-corrected chi connectivity index (χ2v) is 6.89. The zero-order chi connectivity index (χ0) is 17.3. The van der Waals surface area contributed by atoms with Gasteiger partial charge in [-0.05, 0) is 44.1 Å². The van der Waals surface area contributed by atoms with Gasteiger partial charge in [-0.1, -0.05) is 43.7 Å². The SMILES string of the molecule is CCCC(CCO)CNC(=NCC1(c2ccccc2)CC1)NCC. The molecule has 24 heavy (non-hydrogen) atoms. The highest BCUT2D eigenvalue weighted by atomic mass is 16.3. The second kappa shape index (κ2) is 9.67. The van der Waals surface area contributed by atoms with Gasteiger partial charge in [0.25, 0.3) is 0 Å². The molecule has 2 rings (SSSR count). The van der Waals surface area contributed by atoms with E-state index >= 15 is 0 Å². The van der Waals surface area contributed by atoms with E-state index in [4.69, 9.17) is 4.99 Å². The standard InChI is InChI=1S/C20H33N3O/c1-3-8-17(11-14-24)15-22-19(21-4-2)23-16-20(12-13-20)18-9-6-5-7-10-18/h5-7,9-10,17,24H,3-4,8,11-16H2,1-2H3,(H2,21,22,23). The van der Waals surface area contributed by atoms with Gasteiger partial charge in [0.1, 0.15) is 0 Å². The fourth-order valence-corrected chi connectivity index (χ4v) is 3.23. The zero-order valence-corrected chi connectivity index (χ0v) is 15.2. The Morgan fingerprint density at radius 2 is 1.92 bits per heavy atom. The van der Waals surface area contributed by atoms with Gasteiger partial charge in [-0.3, -0.25) is 4.99 Å². The molecule has 3 N–H and O–H groups in total. The maximum Gasteiger partial charge on any atom is 0.191 e. The quantitative estimate of drug-likeness (QED) is 0.456. The minimum atomic E-state index is 0.248. The molecule has 1 atom stereocenters. The van der Waals surface area contributed by atoms with Crippen LogP contribution in [-0.4, -0.2) is 37.3 Å². The van der Waals surface area contributed by atoms with Gasteiger partial charge in [-0.15, -0.1) is 0 Å². The first-order chi connectivity index (χ1) is 11.7. The van der Waals surface area contributed by atoms with Crippen molar-refractivity contribution >= 4 is 5.96 Å². The largest absolute Gasteiger partial charge is 0.396 e. The minimum Gasteiger partial charge on any atom is -0.396 e. The number of hydrogen-bond donors (Lipinski definition) is 3. The lowest BCUT2D eigenvalue weighted by molar-refractivity contribution is 0.251. The number of rotatable bonds is 10. The summed E-state index contributed by atoms with van der Waals surface area (Å²) in [7, 11) is 0. The molecule has 0 aromatic heterocycles. The predicted octanol–water partition coefficient (Wildman–Crippen LogP) is 3.07. The van der Waals surface area contributed by atoms with E-state index in [1.54, 1.807) is 0 Å². The van der Waals surface area contributed by atoms with Crippen molar-refractivity contribution in [1.29, 1.82) is 0 Å². The molecular formula is C20H33N3O. The summed E-state index contributed by atoms with van der Waals surface area (Å²) in [6, 6.07) is 10.8. The summed E-state index contributed by atoms with van der Waals surface area (Å²) in [4.78, 5) is 4.85. The molecule has 1 aliphatic carbocycles. The second-order valence-electron chi connectivity index (χ2n) is 6.89. The number of aliphatic imine (C=N–C) groups is 1. The Morgan fingerprint density at radius 3 is 2.50 bits per heavy atom. The lowest BCUT2D eigenvalue weighted by atomic mass is 9.96. The van der Waals surface area contributed by atoms with Crippen LogP contribution >= 0.6 is 0 Å². The van der Waals surface area contributed by atoms with Crippen LogP contribution in [0.4, 0.5) is 0 Å². The van der Waals surface area contributed by atoms with Crippen LogP contribution in [0, 0.1) is 5.92 Å². The fourth-order valence-electron chi connectivity index (χ4n) is 3.23. The van der Waals surface area contributed by atoms with Crippen LogP contribution in [-0.2, 0) is 5.41 Å². The monoisotopic (exact) mass is 331 g/mol. The molecule has 0 radical (unpaired) electrons. The third-order valence-corrected chi connectivity index (χ3v) is 4.92. The molecule has 4 nitrogen and oxygen atoms in total. The van der Waals surface area contributed by atoms with E-state index in [9.17, 15) is 5.11 Å². The summed E-state index contributed by atoms with van der Waals surface area (Å²) >= 11 is 0. The number of aliphatic hydroxyl groups excluding tert-OH is 1. The molecular weight excluding hydrogens is 298 g/mol. The normalized spacial score (nSPS) is 17.4. The molecule has 0 heterocycles. The Labute approximate surface area is 146 Å². The molecule has 1 aromatic carbocycles. The lowest BCUT2D eigenvalue weighted by Crippen LogP contribution is -2.40. The third kappa shape index (κ3) is 5.52. The van der Waals surface area contributed by atoms with Gasteiger partial charge >= 0.3 is 0 Å². The third-order valence-electron chi connectivity index (χ3n) is 4.92. The van der Waals surface area contributed by atoms with Crippen molar-refractivity contribution in [2.24, 2.45) is 10.9 Å². The van der Waals surface area contributed by atoms with Crippen LogP contribution < -0.4 is 10.6 Å². The maximum atomic E-state index is 9.20. The highest BCUT2D eigenvalue weighted by Gasteiger charge is 2.43. The summed E-state index contributed by atoms with van der Waals surface area (Å²) < 4.78 is 0. The molecule has 1 fully saturated rings. The number of nitrogens with one attached hydrogen (secondary N) is 2. The molecule has 1 aliphatic rings. The maximum absolute atomic E-state index is 9.20. The Kier molecular flexibility index (Phi) is 7.57. The van der Waals surface area contributed by atoms with Gasteiger partial charge in [0.15, 0.2) is 5.96 Å². The Bertz CT molecular complexity index is 491. The van der Waals surface area contributed by atoms with E-state index in [1.165, 1.54) is 18.4 Å². The highest BCUT2D eigenvalue weighted by Crippen LogP contribution is 2.48. The smallest absolute Gasteiger partial charge is 0.191 e.